The minimum atomic E-state index is -0.0972. The first-order chi connectivity index (χ1) is 7.91. The number of phenols is 1. The highest BCUT2D eigenvalue weighted by atomic mass is 79.9. The van der Waals surface area contributed by atoms with Gasteiger partial charge < -0.3 is 10.0 Å². The van der Waals surface area contributed by atoms with Gasteiger partial charge in [-0.15, -0.1) is 0 Å². The molecule has 1 aromatic rings. The van der Waals surface area contributed by atoms with Crippen molar-refractivity contribution in [2.75, 3.05) is 13.6 Å². The molecule has 1 unspecified atom stereocenters. The predicted molar refractivity (Wildman–Crippen MR) is 73.1 cm³/mol. The summed E-state index contributed by atoms with van der Waals surface area (Å²) < 4.78 is 0. The molecular weight excluding hydrogens is 305 g/mol. The van der Waals surface area contributed by atoms with Crippen LogP contribution in [0.3, 0.4) is 0 Å². The zero-order valence-electron chi connectivity index (χ0n) is 9.78. The summed E-state index contributed by atoms with van der Waals surface area (Å²) in [6.07, 6.45) is 0.883. The fraction of sp³-hybridized carbons (Fsp3) is 0.417. The third-order valence-corrected chi connectivity index (χ3v) is 3.16. The van der Waals surface area contributed by atoms with Crippen LogP contribution < -0.4 is 0 Å². The van der Waals surface area contributed by atoms with Crippen LogP contribution in [-0.2, 0) is 0 Å². The lowest BCUT2D eigenvalue weighted by molar-refractivity contribution is 0.0794. The van der Waals surface area contributed by atoms with Crippen molar-refractivity contribution in [1.82, 2.24) is 4.90 Å². The summed E-state index contributed by atoms with van der Waals surface area (Å²) in [5, 5.41) is 9.47. The molecular formula is C12H15BrClNO2. The fourth-order valence-corrected chi connectivity index (χ4v) is 1.72. The van der Waals surface area contributed by atoms with Crippen molar-refractivity contribution in [1.29, 1.82) is 0 Å². The average molecular weight is 321 g/mol. The molecule has 0 aliphatic rings. The Balaban J connectivity index is 2.71. The molecule has 1 amide bonds. The first-order valence-electron chi connectivity index (χ1n) is 5.30. The number of rotatable bonds is 4. The van der Waals surface area contributed by atoms with E-state index in [1.54, 1.807) is 18.0 Å². The molecule has 0 saturated carbocycles. The van der Waals surface area contributed by atoms with Crippen LogP contribution >= 0.6 is 27.5 Å². The second kappa shape index (κ2) is 6.26. The van der Waals surface area contributed by atoms with Crippen molar-refractivity contribution in [3.05, 3.63) is 28.8 Å². The summed E-state index contributed by atoms with van der Waals surface area (Å²) in [5.74, 6) is -0.111. The molecule has 1 N–H and O–H groups in total. The Morgan fingerprint density at radius 1 is 1.59 bits per heavy atom. The van der Waals surface area contributed by atoms with Gasteiger partial charge in [-0.25, -0.2) is 0 Å². The van der Waals surface area contributed by atoms with Gasteiger partial charge in [-0.3, -0.25) is 4.79 Å². The molecule has 0 heterocycles. The minimum Gasteiger partial charge on any atom is -0.506 e. The number of aromatic hydroxyl groups is 1. The number of nitrogens with zero attached hydrogens (tertiary/aromatic N) is 1. The number of hydrogen-bond donors (Lipinski definition) is 1. The van der Waals surface area contributed by atoms with Crippen LogP contribution in [0, 0.1) is 0 Å². The number of phenolic OH excluding ortho intramolecular Hbond substituents is 1. The average Bonchev–Trinajstić information content (AvgIpc) is 2.28. The lowest BCUT2D eigenvalue weighted by atomic mass is 10.2. The Morgan fingerprint density at radius 2 is 2.24 bits per heavy atom. The topological polar surface area (TPSA) is 40.5 Å². The molecule has 3 nitrogen and oxygen atoms in total. The molecule has 0 radical (unpaired) electrons. The second-order valence-electron chi connectivity index (χ2n) is 3.96. The maximum absolute atomic E-state index is 12.0. The molecule has 5 heteroatoms. The summed E-state index contributed by atoms with van der Waals surface area (Å²) in [4.78, 5) is 14.0. The zero-order chi connectivity index (χ0) is 13.0. The van der Waals surface area contributed by atoms with Crippen LogP contribution in [0.25, 0.3) is 0 Å². The van der Waals surface area contributed by atoms with Crippen molar-refractivity contribution in [3.8, 4) is 5.75 Å². The van der Waals surface area contributed by atoms with Gasteiger partial charge >= 0.3 is 0 Å². The van der Waals surface area contributed by atoms with Gasteiger partial charge in [0.1, 0.15) is 5.75 Å². The molecule has 1 atom stereocenters. The summed E-state index contributed by atoms with van der Waals surface area (Å²) in [5.41, 5.74) is 0.484. The highest BCUT2D eigenvalue weighted by Gasteiger charge is 2.13. The molecule has 0 aliphatic carbocycles. The van der Waals surface area contributed by atoms with E-state index in [0.717, 1.165) is 6.42 Å². The third kappa shape index (κ3) is 4.21. The van der Waals surface area contributed by atoms with E-state index in [1.165, 1.54) is 12.1 Å². The minimum absolute atomic E-state index is 0.0139. The summed E-state index contributed by atoms with van der Waals surface area (Å²) in [6, 6.07) is 4.47. The molecule has 0 bridgehead atoms. The summed E-state index contributed by atoms with van der Waals surface area (Å²) in [6.45, 7) is 2.71. The van der Waals surface area contributed by atoms with Crippen molar-refractivity contribution in [3.63, 3.8) is 0 Å². The van der Waals surface area contributed by atoms with Gasteiger partial charge in [-0.2, -0.15) is 0 Å². The fourth-order valence-electron chi connectivity index (χ4n) is 1.33. The Labute approximate surface area is 115 Å². The maximum atomic E-state index is 12.0. The van der Waals surface area contributed by atoms with Crippen LogP contribution in [0.15, 0.2) is 18.2 Å². The van der Waals surface area contributed by atoms with Gasteiger partial charge in [0.15, 0.2) is 0 Å². The van der Waals surface area contributed by atoms with Crippen molar-refractivity contribution in [2.45, 2.75) is 18.2 Å². The van der Waals surface area contributed by atoms with E-state index in [0.29, 0.717) is 16.9 Å². The Morgan fingerprint density at radius 3 is 2.76 bits per heavy atom. The van der Waals surface area contributed by atoms with Gasteiger partial charge in [0.25, 0.3) is 5.91 Å². The SMILES string of the molecule is CC(Br)CCN(C)C(=O)c1ccc(O)c(Cl)c1. The highest BCUT2D eigenvalue weighted by molar-refractivity contribution is 9.09. The normalized spacial score (nSPS) is 12.2. The van der Waals surface area contributed by atoms with E-state index in [2.05, 4.69) is 15.9 Å². The van der Waals surface area contributed by atoms with Crippen molar-refractivity contribution >= 4 is 33.4 Å². The van der Waals surface area contributed by atoms with Crippen LogP contribution in [0.4, 0.5) is 0 Å². The smallest absolute Gasteiger partial charge is 0.253 e. The van der Waals surface area contributed by atoms with E-state index >= 15 is 0 Å². The Kier molecular flexibility index (Phi) is 5.28. The first kappa shape index (κ1) is 14.3. The lowest BCUT2D eigenvalue weighted by Crippen LogP contribution is -2.28. The standard InChI is InChI=1S/C12H15BrClNO2/c1-8(13)5-6-15(2)12(17)9-3-4-11(16)10(14)7-9/h3-4,7-8,16H,5-6H2,1-2H3. The van der Waals surface area contributed by atoms with Crippen LogP contribution in [0.5, 0.6) is 5.75 Å². The van der Waals surface area contributed by atoms with Crippen molar-refractivity contribution in [2.24, 2.45) is 0 Å². The number of hydrogen-bond acceptors (Lipinski definition) is 2. The second-order valence-corrected chi connectivity index (χ2v) is 5.93. The summed E-state index contributed by atoms with van der Waals surface area (Å²) >= 11 is 9.20. The number of carbonyl (C=O) groups is 1. The first-order valence-corrected chi connectivity index (χ1v) is 6.59. The molecule has 0 spiro atoms. The summed E-state index contributed by atoms with van der Waals surface area (Å²) in [7, 11) is 1.75. The molecule has 17 heavy (non-hydrogen) atoms. The number of amides is 1. The molecule has 94 valence electrons. The number of alkyl halides is 1. The predicted octanol–water partition coefficient (Wildman–Crippen LogP) is 3.29. The third-order valence-electron chi connectivity index (χ3n) is 2.40. The lowest BCUT2D eigenvalue weighted by Gasteiger charge is -2.18. The highest BCUT2D eigenvalue weighted by Crippen LogP contribution is 2.24. The Bertz CT molecular complexity index is 409. The van der Waals surface area contributed by atoms with Crippen molar-refractivity contribution < 1.29 is 9.90 Å². The largest absolute Gasteiger partial charge is 0.506 e. The number of carbonyl (C=O) groups excluding carboxylic acids is 1. The van der Waals surface area contributed by atoms with E-state index in [9.17, 15) is 9.90 Å². The zero-order valence-corrected chi connectivity index (χ0v) is 12.1. The molecule has 0 fully saturated rings. The van der Waals surface area contributed by atoms with Crippen LogP contribution in [0.2, 0.25) is 5.02 Å². The molecule has 1 aromatic carbocycles. The van der Waals surface area contributed by atoms with Crippen LogP contribution in [-0.4, -0.2) is 34.3 Å². The quantitative estimate of drug-likeness (QED) is 0.865. The van der Waals surface area contributed by atoms with Gasteiger partial charge in [-0.05, 0) is 24.6 Å². The molecule has 0 aromatic heterocycles. The Hall–Kier alpha value is -0.740. The van der Waals surface area contributed by atoms with Gasteiger partial charge in [-0.1, -0.05) is 34.5 Å². The van der Waals surface area contributed by atoms with E-state index < -0.39 is 0 Å². The molecule has 0 saturated heterocycles. The van der Waals surface area contributed by atoms with Gasteiger partial charge in [0, 0.05) is 24.0 Å². The van der Waals surface area contributed by atoms with E-state index in [4.69, 9.17) is 11.6 Å². The molecule has 0 aliphatic heterocycles. The monoisotopic (exact) mass is 319 g/mol. The van der Waals surface area contributed by atoms with E-state index in [1.807, 2.05) is 6.92 Å². The molecule has 1 rings (SSSR count). The van der Waals surface area contributed by atoms with E-state index in [-0.39, 0.29) is 16.7 Å². The van der Waals surface area contributed by atoms with Crippen LogP contribution in [0.1, 0.15) is 23.7 Å². The van der Waals surface area contributed by atoms with Gasteiger partial charge in [0.05, 0.1) is 5.02 Å². The number of halogens is 2. The number of benzene rings is 1. The maximum Gasteiger partial charge on any atom is 0.253 e. The van der Waals surface area contributed by atoms with Gasteiger partial charge in [0.2, 0.25) is 0 Å².